The summed E-state index contributed by atoms with van der Waals surface area (Å²) in [5, 5.41) is 17.7. The van der Waals surface area contributed by atoms with Gasteiger partial charge in [0.25, 0.3) is 0 Å². The molecule has 0 aliphatic heterocycles. The molecule has 0 aromatic heterocycles. The van der Waals surface area contributed by atoms with Crippen molar-refractivity contribution in [2.75, 3.05) is 0 Å². The van der Waals surface area contributed by atoms with E-state index in [9.17, 15) is 4.79 Å². The maximum absolute atomic E-state index is 10.2. The summed E-state index contributed by atoms with van der Waals surface area (Å²) in [6.45, 7) is 0. The second kappa shape index (κ2) is 2.56. The van der Waals surface area contributed by atoms with Gasteiger partial charge in [-0.3, -0.25) is 0 Å². The molecule has 0 saturated heterocycles. The zero-order valence-electron chi connectivity index (χ0n) is 5.32. The zero-order chi connectivity index (χ0) is 7.56. The number of hydrogen-bond acceptors (Lipinski definition) is 3. The fourth-order valence-corrected chi connectivity index (χ4v) is 0.885. The van der Waals surface area contributed by atoms with Gasteiger partial charge in [0.15, 0.2) is 0 Å². The summed E-state index contributed by atoms with van der Waals surface area (Å²) in [5.41, 5.74) is 0. The first-order valence-corrected chi connectivity index (χ1v) is 2.98. The number of aliphatic hydroxyl groups excluding tert-OH is 2. The Labute approximate surface area is 58.3 Å². The maximum atomic E-state index is 10.2. The number of hydrogen-bond donors (Lipinski definition) is 2. The van der Waals surface area contributed by atoms with Gasteiger partial charge in [0.1, 0.15) is 12.0 Å². The first kappa shape index (κ1) is 6.86. The van der Waals surface area contributed by atoms with Gasteiger partial charge in [-0.25, -0.2) is 0 Å². The van der Waals surface area contributed by atoms with Crippen LogP contribution in [0.4, 0.5) is 0 Å². The minimum atomic E-state index is -0.370. The third kappa shape index (κ3) is 1.37. The molecular weight excluding hydrogens is 132 g/mol. The molecule has 3 nitrogen and oxygen atoms in total. The summed E-state index contributed by atoms with van der Waals surface area (Å²) < 4.78 is 0. The van der Waals surface area contributed by atoms with Crippen LogP contribution in [0.3, 0.4) is 0 Å². The Kier molecular flexibility index (Phi) is 1.76. The summed E-state index contributed by atoms with van der Waals surface area (Å²) in [4.78, 5) is 10.2. The Hall–Kier alpha value is -1.25. The van der Waals surface area contributed by atoms with Crippen LogP contribution in [0.25, 0.3) is 0 Å². The van der Waals surface area contributed by atoms with Crippen molar-refractivity contribution < 1.29 is 15.0 Å². The van der Waals surface area contributed by atoms with Crippen LogP contribution in [0.5, 0.6) is 0 Å². The molecule has 3 heteroatoms. The Morgan fingerprint density at radius 2 is 2.30 bits per heavy atom. The molecule has 10 heavy (non-hydrogen) atoms. The molecular formula is C7H8O3. The summed E-state index contributed by atoms with van der Waals surface area (Å²) in [6, 6.07) is 0. The molecule has 0 amide bonds. The average Bonchev–Trinajstić information content (AvgIpc) is 1.85. The summed E-state index contributed by atoms with van der Waals surface area (Å²) in [7, 11) is 0. The van der Waals surface area contributed by atoms with Crippen molar-refractivity contribution in [2.24, 2.45) is 5.92 Å². The van der Waals surface area contributed by atoms with Gasteiger partial charge in [-0.15, -0.1) is 0 Å². The zero-order valence-corrected chi connectivity index (χ0v) is 5.32. The Balaban J connectivity index is 2.76. The topological polar surface area (TPSA) is 57.5 Å². The third-order valence-electron chi connectivity index (χ3n) is 1.32. The van der Waals surface area contributed by atoms with Gasteiger partial charge < -0.3 is 15.0 Å². The molecule has 1 aliphatic rings. The lowest BCUT2D eigenvalue weighted by atomic mass is 10.0. The molecule has 54 valence electrons. The number of carbonyl (C=O) groups excluding carboxylic acids is 1. The number of aldehydes is 1. The molecule has 2 N–H and O–H groups in total. The van der Waals surface area contributed by atoms with Gasteiger partial charge in [0.05, 0.1) is 5.76 Å². The molecule has 1 rings (SSSR count). The monoisotopic (exact) mass is 140 g/mol. The highest BCUT2D eigenvalue weighted by Gasteiger charge is 2.12. The first-order chi connectivity index (χ1) is 4.72. The highest BCUT2D eigenvalue weighted by atomic mass is 16.3. The van der Waals surface area contributed by atoms with Gasteiger partial charge in [-0.05, 0) is 6.08 Å². The van der Waals surface area contributed by atoms with Crippen molar-refractivity contribution in [3.63, 3.8) is 0 Å². The maximum Gasteiger partial charge on any atom is 0.127 e. The Morgan fingerprint density at radius 1 is 1.60 bits per heavy atom. The van der Waals surface area contributed by atoms with Crippen LogP contribution in [0.15, 0.2) is 23.7 Å². The fourth-order valence-electron chi connectivity index (χ4n) is 0.885. The van der Waals surface area contributed by atoms with Crippen LogP contribution in [-0.2, 0) is 4.79 Å². The van der Waals surface area contributed by atoms with E-state index in [-0.39, 0.29) is 17.4 Å². The molecule has 0 radical (unpaired) electrons. The molecule has 0 aromatic carbocycles. The Bertz CT molecular complexity index is 203. The molecule has 0 heterocycles. The summed E-state index contributed by atoms with van der Waals surface area (Å²) in [5.74, 6) is -0.358. The van der Waals surface area contributed by atoms with Gasteiger partial charge in [0, 0.05) is 18.4 Å². The quantitative estimate of drug-likeness (QED) is 0.536. The van der Waals surface area contributed by atoms with Crippen LogP contribution in [0, 0.1) is 5.92 Å². The molecule has 1 atom stereocenters. The van der Waals surface area contributed by atoms with E-state index in [2.05, 4.69) is 0 Å². The van der Waals surface area contributed by atoms with Crippen molar-refractivity contribution >= 4 is 6.29 Å². The smallest absolute Gasteiger partial charge is 0.127 e. The minimum Gasteiger partial charge on any atom is -0.512 e. The van der Waals surface area contributed by atoms with Crippen LogP contribution in [0.1, 0.15) is 6.42 Å². The Morgan fingerprint density at radius 3 is 2.80 bits per heavy atom. The van der Waals surface area contributed by atoms with Gasteiger partial charge >= 0.3 is 0 Å². The second-order valence-corrected chi connectivity index (χ2v) is 2.23. The second-order valence-electron chi connectivity index (χ2n) is 2.23. The lowest BCUT2D eigenvalue weighted by molar-refractivity contribution is -0.110. The van der Waals surface area contributed by atoms with Crippen LogP contribution < -0.4 is 0 Å². The SMILES string of the molecule is O=CC1C=C(O)C=C(O)C1. The van der Waals surface area contributed by atoms with E-state index < -0.39 is 0 Å². The number of aliphatic hydroxyl groups is 2. The van der Waals surface area contributed by atoms with Crippen molar-refractivity contribution in [2.45, 2.75) is 6.42 Å². The highest BCUT2D eigenvalue weighted by Crippen LogP contribution is 2.17. The van der Waals surface area contributed by atoms with Crippen LogP contribution >= 0.6 is 0 Å². The normalized spacial score (nSPS) is 25.0. The lowest BCUT2D eigenvalue weighted by Gasteiger charge is -2.09. The minimum absolute atomic E-state index is 0.0409. The van der Waals surface area contributed by atoms with E-state index in [4.69, 9.17) is 10.2 Å². The highest BCUT2D eigenvalue weighted by molar-refractivity contribution is 5.58. The molecule has 0 saturated carbocycles. The average molecular weight is 140 g/mol. The summed E-state index contributed by atoms with van der Waals surface area (Å²) in [6.07, 6.45) is 3.64. The van der Waals surface area contributed by atoms with E-state index in [1.54, 1.807) is 0 Å². The third-order valence-corrected chi connectivity index (χ3v) is 1.32. The largest absolute Gasteiger partial charge is 0.512 e. The molecule has 0 bridgehead atoms. The van der Waals surface area contributed by atoms with Crippen LogP contribution in [-0.4, -0.2) is 16.5 Å². The van der Waals surface area contributed by atoms with Crippen molar-refractivity contribution in [1.82, 2.24) is 0 Å². The first-order valence-electron chi connectivity index (χ1n) is 2.98. The van der Waals surface area contributed by atoms with Crippen molar-refractivity contribution in [1.29, 1.82) is 0 Å². The molecule has 0 spiro atoms. The van der Waals surface area contributed by atoms with E-state index in [1.165, 1.54) is 12.2 Å². The van der Waals surface area contributed by atoms with Crippen molar-refractivity contribution in [3.8, 4) is 0 Å². The number of carbonyl (C=O) groups is 1. The van der Waals surface area contributed by atoms with Gasteiger partial charge in [0.2, 0.25) is 0 Å². The molecule has 1 aliphatic carbocycles. The standard InChI is InChI=1S/C7H8O3/c8-4-5-1-6(9)3-7(10)2-5/h1,3-5,9-10H,2H2. The van der Waals surface area contributed by atoms with Crippen molar-refractivity contribution in [3.05, 3.63) is 23.7 Å². The number of allylic oxidation sites excluding steroid dienone is 3. The van der Waals surface area contributed by atoms with E-state index in [1.807, 2.05) is 0 Å². The van der Waals surface area contributed by atoms with Gasteiger partial charge in [-0.1, -0.05) is 0 Å². The molecule has 0 fully saturated rings. The van der Waals surface area contributed by atoms with Gasteiger partial charge in [-0.2, -0.15) is 0 Å². The predicted molar refractivity (Wildman–Crippen MR) is 35.6 cm³/mol. The van der Waals surface area contributed by atoms with E-state index in [0.717, 1.165) is 0 Å². The van der Waals surface area contributed by atoms with E-state index >= 15 is 0 Å². The predicted octanol–water partition coefficient (Wildman–Crippen LogP) is 1.09. The number of rotatable bonds is 1. The molecule has 1 unspecified atom stereocenters. The lowest BCUT2D eigenvalue weighted by Crippen LogP contribution is -2.05. The van der Waals surface area contributed by atoms with E-state index in [0.29, 0.717) is 12.7 Å². The molecule has 0 aromatic rings. The summed E-state index contributed by atoms with van der Waals surface area (Å²) >= 11 is 0. The van der Waals surface area contributed by atoms with Crippen LogP contribution in [0.2, 0.25) is 0 Å². The fraction of sp³-hybridized carbons (Fsp3) is 0.286.